The van der Waals surface area contributed by atoms with Crippen LogP contribution in [0.3, 0.4) is 0 Å². The number of carbonyl (C=O) groups is 2. The van der Waals surface area contributed by atoms with Gasteiger partial charge in [-0.2, -0.15) is 0 Å². The molecule has 0 saturated heterocycles. The molecule has 0 spiro atoms. The smallest absolute Gasteiger partial charge is 0.339 e. The molecule has 2 N–H and O–H groups in total. The van der Waals surface area contributed by atoms with Gasteiger partial charge in [0.1, 0.15) is 28.6 Å². The summed E-state index contributed by atoms with van der Waals surface area (Å²) in [5, 5.41) is 18.5. The first-order valence-electron chi connectivity index (χ1n) is 6.90. The number of carboxylic acid groups (broad SMARTS) is 1. The van der Waals surface area contributed by atoms with Gasteiger partial charge in [0.2, 0.25) is 5.78 Å². The Morgan fingerprint density at radius 1 is 0.958 bits per heavy atom. The van der Waals surface area contributed by atoms with Gasteiger partial charge in [-0.1, -0.05) is 0 Å². The predicted molar refractivity (Wildman–Crippen MR) is 84.4 cm³/mol. The van der Waals surface area contributed by atoms with E-state index in [0.717, 1.165) is 6.07 Å². The highest BCUT2D eigenvalue weighted by atomic mass is 16.5. The van der Waals surface area contributed by atoms with Crippen LogP contribution in [0.15, 0.2) is 36.4 Å². The Kier molecular flexibility index (Phi) is 5.26. The second-order valence-corrected chi connectivity index (χ2v) is 4.76. The van der Waals surface area contributed by atoms with E-state index in [1.165, 1.54) is 32.4 Å². The zero-order valence-electron chi connectivity index (χ0n) is 13.1. The average Bonchev–Trinajstić information content (AvgIpc) is 2.58. The summed E-state index contributed by atoms with van der Waals surface area (Å²) in [6.07, 6.45) is 0. The summed E-state index contributed by atoms with van der Waals surface area (Å²) in [5.74, 6) is -1.04. The van der Waals surface area contributed by atoms with Crippen molar-refractivity contribution in [2.75, 3.05) is 20.8 Å². The number of carboxylic acids is 1. The molecule has 0 fully saturated rings. The molecule has 24 heavy (non-hydrogen) atoms. The molecule has 0 amide bonds. The van der Waals surface area contributed by atoms with Gasteiger partial charge in [-0.05, 0) is 24.3 Å². The molecule has 0 unspecified atom stereocenters. The second-order valence-electron chi connectivity index (χ2n) is 4.76. The molecule has 7 heteroatoms. The number of hydrogen-bond donors (Lipinski definition) is 2. The van der Waals surface area contributed by atoms with Gasteiger partial charge in [0.15, 0.2) is 6.61 Å². The largest absolute Gasteiger partial charge is 0.508 e. The molecule has 0 bridgehead atoms. The SMILES string of the molecule is COc1ccc(C(=O)COc2cc(O)ccc2C(=O)O)c(OC)c1. The highest BCUT2D eigenvalue weighted by molar-refractivity contribution is 6.00. The third-order valence-electron chi connectivity index (χ3n) is 3.26. The number of methoxy groups -OCH3 is 2. The Morgan fingerprint density at radius 2 is 1.67 bits per heavy atom. The Bertz CT molecular complexity index is 768. The fourth-order valence-electron chi connectivity index (χ4n) is 2.06. The van der Waals surface area contributed by atoms with Crippen LogP contribution in [0.25, 0.3) is 0 Å². The number of rotatable bonds is 7. The van der Waals surface area contributed by atoms with Crippen molar-refractivity contribution in [2.24, 2.45) is 0 Å². The number of phenolic OH excluding ortho intramolecular Hbond substituents is 1. The van der Waals surface area contributed by atoms with Crippen LogP contribution in [0.4, 0.5) is 0 Å². The highest BCUT2D eigenvalue weighted by Crippen LogP contribution is 2.27. The average molecular weight is 332 g/mol. The van der Waals surface area contributed by atoms with E-state index in [4.69, 9.17) is 19.3 Å². The summed E-state index contributed by atoms with van der Waals surface area (Å²) < 4.78 is 15.5. The van der Waals surface area contributed by atoms with Crippen LogP contribution in [-0.4, -0.2) is 42.8 Å². The maximum atomic E-state index is 12.3. The maximum absolute atomic E-state index is 12.3. The number of carbonyl (C=O) groups excluding carboxylic acids is 1. The van der Waals surface area contributed by atoms with Gasteiger partial charge in [0.25, 0.3) is 0 Å². The van der Waals surface area contributed by atoms with Crippen molar-refractivity contribution >= 4 is 11.8 Å². The first-order valence-corrected chi connectivity index (χ1v) is 6.90. The number of aromatic hydroxyl groups is 1. The Morgan fingerprint density at radius 3 is 2.29 bits per heavy atom. The number of benzene rings is 2. The van der Waals surface area contributed by atoms with Crippen molar-refractivity contribution in [3.63, 3.8) is 0 Å². The van der Waals surface area contributed by atoms with Gasteiger partial charge in [0, 0.05) is 12.1 Å². The molecule has 0 saturated carbocycles. The van der Waals surface area contributed by atoms with Crippen LogP contribution in [0.2, 0.25) is 0 Å². The summed E-state index contributed by atoms with van der Waals surface area (Å²) >= 11 is 0. The molecule has 0 radical (unpaired) electrons. The summed E-state index contributed by atoms with van der Waals surface area (Å²) in [4.78, 5) is 23.4. The zero-order valence-corrected chi connectivity index (χ0v) is 13.1. The molecule has 2 rings (SSSR count). The number of ketones is 1. The first kappa shape index (κ1) is 17.1. The number of Topliss-reactive ketones (excluding diaryl/α,β-unsaturated/α-hetero) is 1. The van der Waals surface area contributed by atoms with Crippen molar-refractivity contribution < 1.29 is 34.0 Å². The quantitative estimate of drug-likeness (QED) is 0.750. The van der Waals surface area contributed by atoms with Gasteiger partial charge in [-0.15, -0.1) is 0 Å². The van der Waals surface area contributed by atoms with Crippen molar-refractivity contribution in [2.45, 2.75) is 0 Å². The number of phenols is 1. The van der Waals surface area contributed by atoms with Crippen LogP contribution in [0.1, 0.15) is 20.7 Å². The number of aromatic carboxylic acids is 1. The molecule has 126 valence electrons. The van der Waals surface area contributed by atoms with E-state index in [-0.39, 0.29) is 22.6 Å². The van der Waals surface area contributed by atoms with Crippen molar-refractivity contribution in [3.8, 4) is 23.0 Å². The fourth-order valence-corrected chi connectivity index (χ4v) is 2.06. The predicted octanol–water partition coefficient (Wildman–Crippen LogP) is 2.37. The third kappa shape index (κ3) is 3.75. The molecule has 0 atom stereocenters. The number of hydrogen-bond acceptors (Lipinski definition) is 6. The molecule has 0 heterocycles. The van der Waals surface area contributed by atoms with E-state index < -0.39 is 18.4 Å². The van der Waals surface area contributed by atoms with Crippen LogP contribution in [0.5, 0.6) is 23.0 Å². The Balaban J connectivity index is 2.20. The van der Waals surface area contributed by atoms with Gasteiger partial charge >= 0.3 is 5.97 Å². The zero-order chi connectivity index (χ0) is 17.7. The van der Waals surface area contributed by atoms with Gasteiger partial charge in [-0.25, -0.2) is 4.79 Å². The lowest BCUT2D eigenvalue weighted by molar-refractivity contribution is 0.0688. The van der Waals surface area contributed by atoms with E-state index in [9.17, 15) is 14.7 Å². The highest BCUT2D eigenvalue weighted by Gasteiger charge is 2.17. The lowest BCUT2D eigenvalue weighted by Crippen LogP contribution is -2.14. The molecular formula is C17H16O7. The molecule has 0 aliphatic carbocycles. The lowest BCUT2D eigenvalue weighted by atomic mass is 10.1. The minimum Gasteiger partial charge on any atom is -0.508 e. The molecule has 2 aromatic rings. The van der Waals surface area contributed by atoms with Crippen molar-refractivity contribution in [1.82, 2.24) is 0 Å². The summed E-state index contributed by atoms with van der Waals surface area (Å²) in [6, 6.07) is 8.26. The standard InChI is InChI=1S/C17H16O7/c1-22-11-4-6-12(15(8-11)23-2)14(19)9-24-16-7-10(18)3-5-13(16)17(20)21/h3-8,18H,9H2,1-2H3,(H,20,21). The monoisotopic (exact) mass is 332 g/mol. The first-order chi connectivity index (χ1) is 11.5. The van der Waals surface area contributed by atoms with Crippen LogP contribution < -0.4 is 14.2 Å². The lowest BCUT2D eigenvalue weighted by Gasteiger charge is -2.12. The maximum Gasteiger partial charge on any atom is 0.339 e. The second kappa shape index (κ2) is 7.36. The third-order valence-corrected chi connectivity index (χ3v) is 3.26. The van der Waals surface area contributed by atoms with E-state index in [2.05, 4.69) is 0 Å². The van der Waals surface area contributed by atoms with Crippen molar-refractivity contribution in [1.29, 1.82) is 0 Å². The minimum absolute atomic E-state index is 0.0941. The Hall–Kier alpha value is -3.22. The fraction of sp³-hybridized carbons (Fsp3) is 0.176. The molecular weight excluding hydrogens is 316 g/mol. The summed E-state index contributed by atoms with van der Waals surface area (Å²) in [6.45, 7) is -0.410. The van der Waals surface area contributed by atoms with Crippen LogP contribution in [-0.2, 0) is 0 Å². The molecule has 2 aromatic carbocycles. The molecule has 0 aliphatic heterocycles. The minimum atomic E-state index is -1.22. The molecule has 7 nitrogen and oxygen atoms in total. The molecule has 0 aromatic heterocycles. The van der Waals surface area contributed by atoms with Crippen molar-refractivity contribution in [3.05, 3.63) is 47.5 Å². The van der Waals surface area contributed by atoms with Gasteiger partial charge < -0.3 is 24.4 Å². The Labute approximate surface area is 138 Å². The number of ether oxygens (including phenoxy) is 3. The van der Waals surface area contributed by atoms with Gasteiger partial charge in [0.05, 0.1) is 19.8 Å². The topological polar surface area (TPSA) is 102 Å². The van der Waals surface area contributed by atoms with E-state index in [0.29, 0.717) is 11.5 Å². The normalized spacial score (nSPS) is 10.1. The van der Waals surface area contributed by atoms with E-state index >= 15 is 0 Å². The summed E-state index contributed by atoms with van der Waals surface area (Å²) in [5.41, 5.74) is 0.123. The molecule has 0 aliphatic rings. The van der Waals surface area contributed by atoms with Gasteiger partial charge in [-0.3, -0.25) is 4.79 Å². The van der Waals surface area contributed by atoms with Crippen LogP contribution in [0, 0.1) is 0 Å². The van der Waals surface area contributed by atoms with E-state index in [1.54, 1.807) is 12.1 Å². The van der Waals surface area contributed by atoms with Crippen LogP contribution >= 0.6 is 0 Å². The summed E-state index contributed by atoms with van der Waals surface area (Å²) in [7, 11) is 2.92. The van der Waals surface area contributed by atoms with E-state index in [1.807, 2.05) is 0 Å².